The SMILES string of the molecule is Cc1ccc(CNC(=O)CSc2cn(CC(=O)N3CCCC3)c3ccccc23)cc1. The van der Waals surface area contributed by atoms with E-state index in [1.807, 2.05) is 52.9 Å². The number of hydrogen-bond acceptors (Lipinski definition) is 3. The second-order valence-electron chi connectivity index (χ2n) is 7.78. The van der Waals surface area contributed by atoms with Crippen molar-refractivity contribution in [1.82, 2.24) is 14.8 Å². The average molecular weight is 422 g/mol. The molecule has 1 saturated heterocycles. The van der Waals surface area contributed by atoms with Crippen molar-refractivity contribution in [1.29, 1.82) is 0 Å². The summed E-state index contributed by atoms with van der Waals surface area (Å²) in [5, 5.41) is 4.07. The lowest BCUT2D eigenvalue weighted by molar-refractivity contribution is -0.130. The number of aromatic nitrogens is 1. The van der Waals surface area contributed by atoms with Gasteiger partial charge >= 0.3 is 0 Å². The minimum atomic E-state index is 0.00514. The number of carbonyl (C=O) groups excluding carboxylic acids is 2. The Hall–Kier alpha value is -2.73. The van der Waals surface area contributed by atoms with Crippen molar-refractivity contribution in [3.8, 4) is 0 Å². The van der Waals surface area contributed by atoms with E-state index in [2.05, 4.69) is 23.5 Å². The summed E-state index contributed by atoms with van der Waals surface area (Å²) in [6.07, 6.45) is 4.20. The molecule has 6 heteroatoms. The van der Waals surface area contributed by atoms with Crippen LogP contribution in [0.1, 0.15) is 24.0 Å². The molecule has 4 rings (SSSR count). The first-order valence-electron chi connectivity index (χ1n) is 10.4. The predicted octanol–water partition coefficient (Wildman–Crippen LogP) is 3.98. The number of nitrogens with zero attached hydrogens (tertiary/aromatic N) is 2. The van der Waals surface area contributed by atoms with Crippen molar-refractivity contribution in [3.63, 3.8) is 0 Å². The maximum absolute atomic E-state index is 12.6. The van der Waals surface area contributed by atoms with Gasteiger partial charge in [0.25, 0.3) is 0 Å². The van der Waals surface area contributed by atoms with Gasteiger partial charge in [-0.25, -0.2) is 0 Å². The molecular formula is C24H27N3O2S. The van der Waals surface area contributed by atoms with Crippen LogP contribution >= 0.6 is 11.8 Å². The molecule has 0 spiro atoms. The zero-order valence-corrected chi connectivity index (χ0v) is 18.1. The summed E-state index contributed by atoms with van der Waals surface area (Å²) in [6, 6.07) is 16.2. The van der Waals surface area contributed by atoms with E-state index in [9.17, 15) is 9.59 Å². The standard InChI is InChI=1S/C24H27N3O2S/c1-18-8-10-19(11-9-18)14-25-23(28)17-30-22-15-27(21-7-3-2-6-20(21)22)16-24(29)26-12-4-5-13-26/h2-3,6-11,15H,4-5,12-14,16-17H2,1H3,(H,25,28). The van der Waals surface area contributed by atoms with E-state index in [0.29, 0.717) is 18.8 Å². The molecule has 1 fully saturated rings. The molecule has 156 valence electrons. The molecule has 0 aliphatic carbocycles. The molecule has 3 aromatic rings. The van der Waals surface area contributed by atoms with Crippen molar-refractivity contribution in [2.24, 2.45) is 0 Å². The summed E-state index contributed by atoms with van der Waals surface area (Å²) in [4.78, 5) is 27.9. The minimum Gasteiger partial charge on any atom is -0.351 e. The topological polar surface area (TPSA) is 54.3 Å². The van der Waals surface area contributed by atoms with E-state index in [-0.39, 0.29) is 11.8 Å². The van der Waals surface area contributed by atoms with Crippen LogP contribution in [-0.2, 0) is 22.7 Å². The van der Waals surface area contributed by atoms with Crippen molar-refractivity contribution < 1.29 is 9.59 Å². The van der Waals surface area contributed by atoms with Gasteiger partial charge in [0.15, 0.2) is 0 Å². The number of thioether (sulfide) groups is 1. The molecule has 30 heavy (non-hydrogen) atoms. The van der Waals surface area contributed by atoms with Gasteiger partial charge in [0.1, 0.15) is 6.54 Å². The van der Waals surface area contributed by atoms with E-state index in [4.69, 9.17) is 0 Å². The number of aryl methyl sites for hydroxylation is 1. The summed E-state index contributed by atoms with van der Waals surface area (Å²) in [7, 11) is 0. The number of amides is 2. The van der Waals surface area contributed by atoms with E-state index in [0.717, 1.165) is 47.3 Å². The molecular weight excluding hydrogens is 394 g/mol. The molecule has 0 radical (unpaired) electrons. The number of likely N-dealkylation sites (tertiary alicyclic amines) is 1. The fourth-order valence-electron chi connectivity index (χ4n) is 3.77. The Bertz CT molecular complexity index is 1040. The fraction of sp³-hybridized carbons (Fsp3) is 0.333. The molecule has 5 nitrogen and oxygen atoms in total. The number of nitrogens with one attached hydrogen (secondary N) is 1. The molecule has 0 atom stereocenters. The first-order chi connectivity index (χ1) is 14.6. The van der Waals surface area contributed by atoms with Gasteiger partial charge in [-0.15, -0.1) is 11.8 Å². The summed E-state index contributed by atoms with van der Waals surface area (Å²) in [6.45, 7) is 4.65. The second kappa shape index (κ2) is 9.39. The molecule has 2 aromatic carbocycles. The zero-order chi connectivity index (χ0) is 20.9. The minimum absolute atomic E-state index is 0.00514. The smallest absolute Gasteiger partial charge is 0.242 e. The lowest BCUT2D eigenvalue weighted by Crippen LogP contribution is -2.30. The molecule has 0 saturated carbocycles. The predicted molar refractivity (Wildman–Crippen MR) is 122 cm³/mol. The first kappa shape index (κ1) is 20.5. The highest BCUT2D eigenvalue weighted by molar-refractivity contribution is 8.00. The molecule has 0 bridgehead atoms. The van der Waals surface area contributed by atoms with Crippen LogP contribution in [0, 0.1) is 6.92 Å². The molecule has 1 aliphatic rings. The summed E-state index contributed by atoms with van der Waals surface area (Å²) >= 11 is 1.52. The van der Waals surface area contributed by atoms with Crippen molar-refractivity contribution in [3.05, 3.63) is 65.9 Å². The molecule has 1 N–H and O–H groups in total. The van der Waals surface area contributed by atoms with E-state index in [1.54, 1.807) is 0 Å². The van der Waals surface area contributed by atoms with Crippen LogP contribution in [0.25, 0.3) is 10.9 Å². The van der Waals surface area contributed by atoms with Crippen LogP contribution in [-0.4, -0.2) is 40.1 Å². The van der Waals surface area contributed by atoms with Crippen LogP contribution < -0.4 is 5.32 Å². The van der Waals surface area contributed by atoms with Gasteiger partial charge in [-0.1, -0.05) is 48.0 Å². The van der Waals surface area contributed by atoms with E-state index < -0.39 is 0 Å². The molecule has 2 amide bonds. The number of rotatable bonds is 7. The van der Waals surface area contributed by atoms with Crippen LogP contribution in [0.4, 0.5) is 0 Å². The monoisotopic (exact) mass is 421 g/mol. The second-order valence-corrected chi connectivity index (χ2v) is 8.79. The zero-order valence-electron chi connectivity index (χ0n) is 17.3. The Morgan fingerprint density at radius 2 is 1.77 bits per heavy atom. The molecule has 0 unspecified atom stereocenters. The van der Waals surface area contributed by atoms with Gasteiger partial charge in [-0.3, -0.25) is 9.59 Å². The lowest BCUT2D eigenvalue weighted by Gasteiger charge is -2.15. The Morgan fingerprint density at radius 3 is 2.53 bits per heavy atom. The van der Waals surface area contributed by atoms with Crippen LogP contribution in [0.3, 0.4) is 0 Å². The van der Waals surface area contributed by atoms with Crippen LogP contribution in [0.5, 0.6) is 0 Å². The Morgan fingerprint density at radius 1 is 1.03 bits per heavy atom. The van der Waals surface area contributed by atoms with Gasteiger partial charge in [-0.05, 0) is 31.4 Å². The lowest BCUT2D eigenvalue weighted by atomic mass is 10.1. The van der Waals surface area contributed by atoms with Gasteiger partial charge in [0.2, 0.25) is 11.8 Å². The maximum Gasteiger partial charge on any atom is 0.242 e. The Kier molecular flexibility index (Phi) is 6.43. The number of benzene rings is 2. The Balaban J connectivity index is 1.39. The maximum atomic E-state index is 12.6. The van der Waals surface area contributed by atoms with Gasteiger partial charge in [0.05, 0.1) is 5.75 Å². The van der Waals surface area contributed by atoms with Gasteiger partial charge in [0, 0.05) is 41.6 Å². The highest BCUT2D eigenvalue weighted by atomic mass is 32.2. The summed E-state index contributed by atoms with van der Waals surface area (Å²) < 4.78 is 2.02. The third-order valence-electron chi connectivity index (χ3n) is 5.49. The average Bonchev–Trinajstić information content (AvgIpc) is 3.41. The van der Waals surface area contributed by atoms with Crippen LogP contribution in [0.2, 0.25) is 0 Å². The normalized spacial score (nSPS) is 13.7. The summed E-state index contributed by atoms with van der Waals surface area (Å²) in [5.74, 6) is 0.520. The third-order valence-corrected chi connectivity index (χ3v) is 6.53. The number of carbonyl (C=O) groups is 2. The van der Waals surface area contributed by atoms with Crippen molar-refractivity contribution >= 4 is 34.5 Å². The number of para-hydroxylation sites is 1. The third kappa shape index (κ3) is 4.87. The number of hydrogen-bond donors (Lipinski definition) is 1. The largest absolute Gasteiger partial charge is 0.351 e. The van der Waals surface area contributed by atoms with Crippen molar-refractivity contribution in [2.75, 3.05) is 18.8 Å². The van der Waals surface area contributed by atoms with Crippen LogP contribution in [0.15, 0.2) is 59.6 Å². The fourth-order valence-corrected chi connectivity index (χ4v) is 4.69. The molecule has 1 aromatic heterocycles. The molecule has 2 heterocycles. The number of fused-ring (bicyclic) bond motifs is 1. The van der Waals surface area contributed by atoms with Crippen molar-refractivity contribution in [2.45, 2.75) is 37.8 Å². The van der Waals surface area contributed by atoms with Gasteiger partial charge in [-0.2, -0.15) is 0 Å². The first-order valence-corrected chi connectivity index (χ1v) is 11.4. The van der Waals surface area contributed by atoms with E-state index >= 15 is 0 Å². The van der Waals surface area contributed by atoms with Gasteiger partial charge < -0.3 is 14.8 Å². The highest BCUT2D eigenvalue weighted by Crippen LogP contribution is 2.30. The Labute approximate surface area is 181 Å². The quantitative estimate of drug-likeness (QED) is 0.587. The molecule has 1 aliphatic heterocycles. The highest BCUT2D eigenvalue weighted by Gasteiger charge is 2.19. The summed E-state index contributed by atoms with van der Waals surface area (Å²) in [5.41, 5.74) is 3.34. The van der Waals surface area contributed by atoms with E-state index in [1.165, 1.54) is 17.3 Å².